The van der Waals surface area contributed by atoms with Crippen LogP contribution >= 0.6 is 0 Å². The summed E-state index contributed by atoms with van der Waals surface area (Å²) >= 11 is 0. The highest BCUT2D eigenvalue weighted by atomic mass is 16.5. The Hall–Kier alpha value is -3.01. The number of hydrogen-bond acceptors (Lipinski definition) is 3. The molecule has 0 bridgehead atoms. The largest absolute Gasteiger partial charge is 0.494 e. The smallest absolute Gasteiger partial charge is 0.224 e. The molecule has 0 fully saturated rings. The van der Waals surface area contributed by atoms with E-state index in [1.807, 2.05) is 73.7 Å². The summed E-state index contributed by atoms with van der Waals surface area (Å²) in [7, 11) is 0. The highest BCUT2D eigenvalue weighted by molar-refractivity contribution is 5.90. The van der Waals surface area contributed by atoms with Crippen molar-refractivity contribution in [2.75, 3.05) is 11.9 Å². The molecule has 0 radical (unpaired) electrons. The first-order valence-corrected chi connectivity index (χ1v) is 8.41. The molecule has 0 saturated heterocycles. The van der Waals surface area contributed by atoms with Gasteiger partial charge in [-0.15, -0.1) is 0 Å². The van der Waals surface area contributed by atoms with Crippen LogP contribution in [0.15, 0.2) is 71.1 Å². The predicted octanol–water partition coefficient (Wildman–Crippen LogP) is 4.92. The molecule has 0 aliphatic carbocycles. The lowest BCUT2D eigenvalue weighted by Crippen LogP contribution is -2.12. The number of carbonyl (C=O) groups excluding carboxylic acids is 1. The molecule has 0 spiro atoms. The normalized spacial score (nSPS) is 10.4. The quantitative estimate of drug-likeness (QED) is 0.667. The summed E-state index contributed by atoms with van der Waals surface area (Å²) in [5.41, 5.74) is 1.80. The van der Waals surface area contributed by atoms with Gasteiger partial charge in [-0.2, -0.15) is 0 Å². The van der Waals surface area contributed by atoms with Crippen LogP contribution in [-0.2, 0) is 11.2 Å². The van der Waals surface area contributed by atoms with Gasteiger partial charge >= 0.3 is 0 Å². The van der Waals surface area contributed by atoms with Crippen molar-refractivity contribution in [1.82, 2.24) is 0 Å². The number of nitrogens with one attached hydrogen (secondary N) is 1. The van der Waals surface area contributed by atoms with Crippen molar-refractivity contribution < 1.29 is 13.9 Å². The third-order valence-electron chi connectivity index (χ3n) is 3.77. The molecule has 0 aliphatic heterocycles. The van der Waals surface area contributed by atoms with Gasteiger partial charge in [0.25, 0.3) is 0 Å². The monoisotopic (exact) mass is 335 g/mol. The van der Waals surface area contributed by atoms with E-state index in [0.717, 1.165) is 28.5 Å². The highest BCUT2D eigenvalue weighted by Crippen LogP contribution is 2.22. The molecule has 1 heterocycles. The van der Waals surface area contributed by atoms with Gasteiger partial charge in [-0.25, -0.2) is 0 Å². The van der Waals surface area contributed by atoms with E-state index in [1.165, 1.54) is 0 Å². The van der Waals surface area contributed by atoms with Gasteiger partial charge in [-0.3, -0.25) is 4.79 Å². The van der Waals surface area contributed by atoms with Crippen molar-refractivity contribution in [3.8, 4) is 17.1 Å². The topological polar surface area (TPSA) is 51.5 Å². The number of anilines is 1. The third-order valence-corrected chi connectivity index (χ3v) is 3.77. The molecule has 128 valence electrons. The maximum absolute atomic E-state index is 12.1. The number of carbonyl (C=O) groups is 1. The van der Waals surface area contributed by atoms with E-state index in [0.29, 0.717) is 19.4 Å². The fourth-order valence-electron chi connectivity index (χ4n) is 2.53. The Morgan fingerprint density at radius 3 is 2.48 bits per heavy atom. The van der Waals surface area contributed by atoms with Crippen LogP contribution in [0.25, 0.3) is 11.3 Å². The predicted molar refractivity (Wildman–Crippen MR) is 98.7 cm³/mol. The average Bonchev–Trinajstić information content (AvgIpc) is 3.12. The minimum Gasteiger partial charge on any atom is -0.494 e. The van der Waals surface area contributed by atoms with Crippen molar-refractivity contribution in [3.63, 3.8) is 0 Å². The standard InChI is InChI=1S/C21H21NO3/c1-2-24-18-10-8-17(9-11-18)22-21(23)15-13-19-12-14-20(25-19)16-6-4-3-5-7-16/h3-12,14H,2,13,15H2,1H3,(H,22,23). The zero-order chi connectivity index (χ0) is 17.5. The third kappa shape index (κ3) is 4.73. The number of amides is 1. The molecule has 0 aliphatic rings. The van der Waals surface area contributed by atoms with Gasteiger partial charge in [0, 0.05) is 24.1 Å². The molecule has 0 atom stereocenters. The van der Waals surface area contributed by atoms with Crippen LogP contribution in [0.1, 0.15) is 19.1 Å². The summed E-state index contributed by atoms with van der Waals surface area (Å²) in [6.45, 7) is 2.56. The molecule has 4 nitrogen and oxygen atoms in total. The zero-order valence-electron chi connectivity index (χ0n) is 14.2. The first kappa shape index (κ1) is 16.8. The van der Waals surface area contributed by atoms with E-state index < -0.39 is 0 Å². The number of rotatable bonds is 7. The number of hydrogen-bond donors (Lipinski definition) is 1. The molecule has 3 aromatic rings. The summed E-state index contributed by atoms with van der Waals surface area (Å²) in [5.74, 6) is 2.38. The number of ether oxygens (including phenoxy) is 1. The van der Waals surface area contributed by atoms with Gasteiger partial charge in [0.15, 0.2) is 0 Å². The molecular weight excluding hydrogens is 314 g/mol. The van der Waals surface area contributed by atoms with Crippen molar-refractivity contribution in [2.24, 2.45) is 0 Å². The fourth-order valence-corrected chi connectivity index (χ4v) is 2.53. The minimum atomic E-state index is -0.0400. The second kappa shape index (κ2) is 8.20. The Balaban J connectivity index is 1.51. The lowest BCUT2D eigenvalue weighted by atomic mass is 10.2. The van der Waals surface area contributed by atoms with Crippen LogP contribution in [0.4, 0.5) is 5.69 Å². The SMILES string of the molecule is CCOc1ccc(NC(=O)CCc2ccc(-c3ccccc3)o2)cc1. The number of furan rings is 1. The summed E-state index contributed by atoms with van der Waals surface area (Å²) in [4.78, 5) is 12.1. The molecule has 3 rings (SSSR count). The second-order valence-corrected chi connectivity index (χ2v) is 5.64. The maximum atomic E-state index is 12.1. The molecule has 1 amide bonds. The Bertz CT molecular complexity index is 807. The lowest BCUT2D eigenvalue weighted by Gasteiger charge is -2.06. The van der Waals surface area contributed by atoms with E-state index >= 15 is 0 Å². The Morgan fingerprint density at radius 1 is 1.00 bits per heavy atom. The van der Waals surface area contributed by atoms with Gasteiger partial charge < -0.3 is 14.5 Å². The van der Waals surface area contributed by atoms with Crippen LogP contribution in [0.2, 0.25) is 0 Å². The Labute approximate surface area is 147 Å². The van der Waals surface area contributed by atoms with Gasteiger partial charge in [-0.1, -0.05) is 30.3 Å². The molecule has 1 N–H and O–H groups in total. The van der Waals surface area contributed by atoms with Gasteiger partial charge in [0.2, 0.25) is 5.91 Å². The second-order valence-electron chi connectivity index (χ2n) is 5.64. The van der Waals surface area contributed by atoms with E-state index in [2.05, 4.69) is 5.32 Å². The van der Waals surface area contributed by atoms with Crippen LogP contribution < -0.4 is 10.1 Å². The van der Waals surface area contributed by atoms with Crippen molar-refractivity contribution >= 4 is 11.6 Å². The zero-order valence-corrected chi connectivity index (χ0v) is 14.2. The first-order chi connectivity index (χ1) is 12.2. The van der Waals surface area contributed by atoms with Crippen LogP contribution in [0.3, 0.4) is 0 Å². The summed E-state index contributed by atoms with van der Waals surface area (Å²) < 4.78 is 11.2. The van der Waals surface area contributed by atoms with Gasteiger partial charge in [-0.05, 0) is 43.3 Å². The maximum Gasteiger partial charge on any atom is 0.224 e. The van der Waals surface area contributed by atoms with Gasteiger partial charge in [0.1, 0.15) is 17.3 Å². The molecule has 25 heavy (non-hydrogen) atoms. The van der Waals surface area contributed by atoms with Crippen LogP contribution in [-0.4, -0.2) is 12.5 Å². The van der Waals surface area contributed by atoms with E-state index in [-0.39, 0.29) is 5.91 Å². The molecule has 0 unspecified atom stereocenters. The average molecular weight is 335 g/mol. The Kier molecular flexibility index (Phi) is 5.52. The first-order valence-electron chi connectivity index (χ1n) is 8.41. The van der Waals surface area contributed by atoms with Gasteiger partial charge in [0.05, 0.1) is 6.61 Å². The highest BCUT2D eigenvalue weighted by Gasteiger charge is 2.08. The van der Waals surface area contributed by atoms with Crippen LogP contribution in [0, 0.1) is 0 Å². The molecule has 0 saturated carbocycles. The van der Waals surface area contributed by atoms with Crippen molar-refractivity contribution in [1.29, 1.82) is 0 Å². The summed E-state index contributed by atoms with van der Waals surface area (Å²) in [6, 6.07) is 21.1. The molecule has 1 aromatic heterocycles. The fraction of sp³-hybridized carbons (Fsp3) is 0.190. The van der Waals surface area contributed by atoms with E-state index in [9.17, 15) is 4.79 Å². The minimum absolute atomic E-state index is 0.0400. The molecule has 2 aromatic carbocycles. The number of benzene rings is 2. The van der Waals surface area contributed by atoms with Crippen molar-refractivity contribution in [2.45, 2.75) is 19.8 Å². The van der Waals surface area contributed by atoms with Crippen molar-refractivity contribution in [3.05, 3.63) is 72.5 Å². The van der Waals surface area contributed by atoms with Crippen LogP contribution in [0.5, 0.6) is 5.75 Å². The Morgan fingerprint density at radius 2 is 1.76 bits per heavy atom. The molecule has 4 heteroatoms. The lowest BCUT2D eigenvalue weighted by molar-refractivity contribution is -0.116. The van der Waals surface area contributed by atoms with E-state index in [4.69, 9.17) is 9.15 Å². The van der Waals surface area contributed by atoms with E-state index in [1.54, 1.807) is 0 Å². The summed E-state index contributed by atoms with van der Waals surface area (Å²) in [5, 5.41) is 2.88. The molecular formula is C21H21NO3. The summed E-state index contributed by atoms with van der Waals surface area (Å²) in [6.07, 6.45) is 0.935. The number of aryl methyl sites for hydroxylation is 1.